The maximum absolute atomic E-state index is 13.3. The van der Waals surface area contributed by atoms with Gasteiger partial charge in [-0.1, -0.05) is 17.7 Å². The fourth-order valence-electron chi connectivity index (χ4n) is 3.77. The zero-order chi connectivity index (χ0) is 20.6. The van der Waals surface area contributed by atoms with Gasteiger partial charge in [-0.25, -0.2) is 0 Å². The third-order valence-electron chi connectivity index (χ3n) is 5.30. The molecule has 148 valence electrons. The van der Waals surface area contributed by atoms with Crippen molar-refractivity contribution in [3.05, 3.63) is 39.2 Å². The molecule has 6 nitrogen and oxygen atoms in total. The number of aryl methyl sites for hydroxylation is 1. The number of hydrogen-bond donors (Lipinski definition) is 0. The van der Waals surface area contributed by atoms with Crippen molar-refractivity contribution in [2.45, 2.75) is 37.5 Å². The Kier molecular flexibility index (Phi) is 5.97. The molecule has 1 aromatic rings. The Morgan fingerprint density at radius 3 is 2.75 bits per heavy atom. The first kappa shape index (κ1) is 20.6. The van der Waals surface area contributed by atoms with Crippen molar-refractivity contribution in [3.63, 3.8) is 0 Å². The Hall–Kier alpha value is -2.10. The number of hydrogen-bond acceptors (Lipinski definition) is 4. The number of pyridine rings is 1. The van der Waals surface area contributed by atoms with Crippen molar-refractivity contribution < 1.29 is 9.59 Å². The maximum atomic E-state index is 13.3. The fraction of sp³-hybridized carbons (Fsp3) is 0.500. The van der Waals surface area contributed by atoms with Gasteiger partial charge >= 0.3 is 0 Å². The Labute approximate surface area is 174 Å². The van der Waals surface area contributed by atoms with Gasteiger partial charge in [-0.3, -0.25) is 14.6 Å². The standard InChI is InChI=1S/C20H22Cl2N4O2/c1-11-14(9-23)18(13-5-4-12(21)8-15(13)22)19-16(24-11)6-7-26(20(19)28)10-17(27)25(2)3/h8,12-13H,4-7,10H2,1-3H3. The van der Waals surface area contributed by atoms with E-state index in [4.69, 9.17) is 23.2 Å². The van der Waals surface area contributed by atoms with Gasteiger partial charge in [0.15, 0.2) is 0 Å². The van der Waals surface area contributed by atoms with Crippen LogP contribution < -0.4 is 0 Å². The summed E-state index contributed by atoms with van der Waals surface area (Å²) >= 11 is 12.7. The van der Waals surface area contributed by atoms with E-state index in [0.717, 1.165) is 0 Å². The van der Waals surface area contributed by atoms with Crippen LogP contribution in [0.3, 0.4) is 0 Å². The van der Waals surface area contributed by atoms with E-state index in [9.17, 15) is 14.9 Å². The minimum absolute atomic E-state index is 0.00152. The molecule has 0 saturated carbocycles. The first-order valence-electron chi connectivity index (χ1n) is 9.18. The molecule has 0 radical (unpaired) electrons. The lowest BCUT2D eigenvalue weighted by molar-refractivity contribution is -0.129. The highest BCUT2D eigenvalue weighted by molar-refractivity contribution is 6.32. The molecule has 1 aliphatic carbocycles. The van der Waals surface area contributed by atoms with E-state index in [1.54, 1.807) is 27.1 Å². The molecule has 0 N–H and O–H groups in total. The van der Waals surface area contributed by atoms with Gasteiger partial charge in [0.05, 0.1) is 27.9 Å². The summed E-state index contributed by atoms with van der Waals surface area (Å²) in [5.41, 5.74) is 2.70. The number of amides is 2. The molecule has 2 unspecified atom stereocenters. The molecule has 0 aromatic carbocycles. The first-order valence-corrected chi connectivity index (χ1v) is 10.00. The SMILES string of the molecule is Cc1nc2c(c(C3CCC(Cl)C=C3Cl)c1C#N)C(=O)N(CC(=O)N(C)C)CC2. The highest BCUT2D eigenvalue weighted by Gasteiger charge is 2.36. The Morgan fingerprint density at radius 1 is 1.43 bits per heavy atom. The van der Waals surface area contributed by atoms with Crippen molar-refractivity contribution in [3.8, 4) is 6.07 Å². The second-order valence-corrected chi connectivity index (χ2v) is 8.38. The number of aromatic nitrogens is 1. The number of halogens is 2. The van der Waals surface area contributed by atoms with E-state index in [1.165, 1.54) is 9.80 Å². The van der Waals surface area contributed by atoms with E-state index >= 15 is 0 Å². The third-order valence-corrected chi connectivity index (χ3v) is 6.03. The number of nitriles is 1. The Balaban J connectivity index is 2.12. The number of alkyl halides is 1. The lowest BCUT2D eigenvalue weighted by Crippen LogP contribution is -2.45. The van der Waals surface area contributed by atoms with Crippen LogP contribution in [0.5, 0.6) is 0 Å². The second-order valence-electron chi connectivity index (χ2n) is 7.38. The molecule has 0 saturated heterocycles. The summed E-state index contributed by atoms with van der Waals surface area (Å²) in [6.07, 6.45) is 3.67. The van der Waals surface area contributed by atoms with Crippen LogP contribution in [-0.2, 0) is 11.2 Å². The molecule has 0 spiro atoms. The average Bonchev–Trinajstić information content (AvgIpc) is 2.63. The van der Waals surface area contributed by atoms with Crippen molar-refractivity contribution in [1.29, 1.82) is 5.26 Å². The molecular formula is C20H22Cl2N4O2. The lowest BCUT2D eigenvalue weighted by atomic mass is 9.81. The zero-order valence-corrected chi connectivity index (χ0v) is 17.6. The summed E-state index contributed by atoms with van der Waals surface area (Å²) in [6, 6.07) is 2.21. The van der Waals surface area contributed by atoms with Crippen molar-refractivity contribution in [2.75, 3.05) is 27.2 Å². The van der Waals surface area contributed by atoms with Gasteiger partial charge in [0.25, 0.3) is 5.91 Å². The number of fused-ring (bicyclic) bond motifs is 1. The molecule has 0 fully saturated rings. The van der Waals surface area contributed by atoms with Crippen LogP contribution in [0.2, 0.25) is 0 Å². The van der Waals surface area contributed by atoms with Crippen LogP contribution >= 0.6 is 23.2 Å². The van der Waals surface area contributed by atoms with Gasteiger partial charge in [0, 0.05) is 38.0 Å². The highest BCUT2D eigenvalue weighted by Crippen LogP contribution is 2.42. The minimum Gasteiger partial charge on any atom is -0.347 e. The normalized spacial score (nSPS) is 21.6. The van der Waals surface area contributed by atoms with E-state index in [-0.39, 0.29) is 29.7 Å². The molecule has 1 aromatic heterocycles. The van der Waals surface area contributed by atoms with Crippen molar-refractivity contribution in [2.24, 2.45) is 0 Å². The summed E-state index contributed by atoms with van der Waals surface area (Å²) in [5, 5.41) is 10.2. The number of carbonyl (C=O) groups is 2. The van der Waals surface area contributed by atoms with Gasteiger partial charge in [0.2, 0.25) is 5.91 Å². The molecule has 28 heavy (non-hydrogen) atoms. The van der Waals surface area contributed by atoms with Crippen LogP contribution in [0.4, 0.5) is 0 Å². The number of rotatable bonds is 3. The summed E-state index contributed by atoms with van der Waals surface area (Å²) in [5.74, 6) is -0.692. The quantitative estimate of drug-likeness (QED) is 0.704. The molecule has 2 aliphatic rings. The van der Waals surface area contributed by atoms with E-state index < -0.39 is 0 Å². The molecule has 1 aliphatic heterocycles. The average molecular weight is 421 g/mol. The number of nitrogens with zero attached hydrogens (tertiary/aromatic N) is 4. The highest BCUT2D eigenvalue weighted by atomic mass is 35.5. The van der Waals surface area contributed by atoms with Crippen LogP contribution in [0, 0.1) is 18.3 Å². The van der Waals surface area contributed by atoms with E-state index in [0.29, 0.717) is 58.9 Å². The van der Waals surface area contributed by atoms with E-state index in [2.05, 4.69) is 11.1 Å². The van der Waals surface area contributed by atoms with Crippen LogP contribution in [0.1, 0.15) is 51.6 Å². The van der Waals surface area contributed by atoms with Gasteiger partial charge in [-0.15, -0.1) is 11.6 Å². The smallest absolute Gasteiger partial charge is 0.256 e. The van der Waals surface area contributed by atoms with Gasteiger partial charge in [-0.2, -0.15) is 5.26 Å². The van der Waals surface area contributed by atoms with Gasteiger partial charge in [-0.05, 0) is 25.3 Å². The molecule has 2 heterocycles. The predicted molar refractivity (Wildman–Crippen MR) is 108 cm³/mol. The Bertz CT molecular complexity index is 904. The fourth-order valence-corrected chi connectivity index (χ4v) is 4.47. The maximum Gasteiger partial charge on any atom is 0.256 e. The summed E-state index contributed by atoms with van der Waals surface area (Å²) < 4.78 is 0. The topological polar surface area (TPSA) is 77.3 Å². The number of carbonyl (C=O) groups excluding carboxylic acids is 2. The van der Waals surface area contributed by atoms with Crippen LogP contribution in [-0.4, -0.2) is 59.2 Å². The van der Waals surface area contributed by atoms with Crippen molar-refractivity contribution >= 4 is 35.0 Å². The minimum atomic E-state index is -0.270. The van der Waals surface area contributed by atoms with Crippen LogP contribution in [0.25, 0.3) is 0 Å². The summed E-state index contributed by atoms with van der Waals surface area (Å²) in [7, 11) is 3.31. The molecule has 2 atom stereocenters. The molecular weight excluding hydrogens is 399 g/mol. The lowest BCUT2D eigenvalue weighted by Gasteiger charge is -2.33. The number of likely N-dealkylation sites (N-methyl/N-ethyl adjacent to an activating group) is 1. The molecule has 2 amide bonds. The summed E-state index contributed by atoms with van der Waals surface area (Å²) in [6.45, 7) is 2.19. The largest absolute Gasteiger partial charge is 0.347 e. The zero-order valence-electron chi connectivity index (χ0n) is 16.1. The number of allylic oxidation sites excluding steroid dienone is 2. The summed E-state index contributed by atoms with van der Waals surface area (Å²) in [4.78, 5) is 33.0. The predicted octanol–water partition coefficient (Wildman–Crippen LogP) is 2.96. The monoisotopic (exact) mass is 420 g/mol. The molecule has 8 heteroatoms. The van der Waals surface area contributed by atoms with Crippen LogP contribution in [0.15, 0.2) is 11.1 Å². The third kappa shape index (κ3) is 3.74. The molecule has 0 bridgehead atoms. The van der Waals surface area contributed by atoms with Crippen molar-refractivity contribution in [1.82, 2.24) is 14.8 Å². The van der Waals surface area contributed by atoms with Gasteiger partial charge < -0.3 is 9.80 Å². The molecule has 3 rings (SSSR count). The van der Waals surface area contributed by atoms with E-state index in [1.807, 2.05) is 0 Å². The Morgan fingerprint density at radius 2 is 2.14 bits per heavy atom. The van der Waals surface area contributed by atoms with Gasteiger partial charge in [0.1, 0.15) is 12.6 Å². The second kappa shape index (κ2) is 8.10. The first-order chi connectivity index (χ1) is 13.2.